The number of rotatable bonds is 8. The van der Waals surface area contributed by atoms with E-state index < -0.39 is 0 Å². The van der Waals surface area contributed by atoms with Gasteiger partial charge in [-0.1, -0.05) is 41.0 Å². The summed E-state index contributed by atoms with van der Waals surface area (Å²) in [5.74, 6) is 2.35. The third-order valence-corrected chi connectivity index (χ3v) is 3.25. The van der Waals surface area contributed by atoms with E-state index in [2.05, 4.69) is 63.8 Å². The van der Waals surface area contributed by atoms with Gasteiger partial charge in [-0.05, 0) is 32.1 Å². The largest absolute Gasteiger partial charge is 0.478 e. The lowest BCUT2D eigenvalue weighted by Crippen LogP contribution is -2.35. The maximum absolute atomic E-state index is 5.75. The molecule has 0 spiro atoms. The van der Waals surface area contributed by atoms with Gasteiger partial charge in [0.05, 0.1) is 6.61 Å². The van der Waals surface area contributed by atoms with Crippen LogP contribution in [0.25, 0.3) is 0 Å². The molecule has 0 aliphatic heterocycles. The second kappa shape index (κ2) is 7.80. The molecule has 0 fully saturated rings. The van der Waals surface area contributed by atoms with Crippen molar-refractivity contribution in [3.63, 3.8) is 0 Å². The summed E-state index contributed by atoms with van der Waals surface area (Å²) in [4.78, 5) is 9.05. The van der Waals surface area contributed by atoms with E-state index in [1.54, 1.807) is 0 Å². The normalized spacial score (nSPS) is 12.3. The van der Waals surface area contributed by atoms with Crippen molar-refractivity contribution in [1.29, 1.82) is 0 Å². The second-order valence-corrected chi connectivity index (χ2v) is 7.81. The molecule has 0 saturated heterocycles. The van der Waals surface area contributed by atoms with Crippen LogP contribution in [0.3, 0.4) is 0 Å². The Balaban J connectivity index is 2.86. The van der Waals surface area contributed by atoms with Crippen molar-refractivity contribution in [3.05, 3.63) is 11.9 Å². The minimum absolute atomic E-state index is 0.0295. The molecular formula is C18H33N3O. The average Bonchev–Trinajstić information content (AvgIpc) is 2.35. The summed E-state index contributed by atoms with van der Waals surface area (Å²) in [7, 11) is 0. The van der Waals surface area contributed by atoms with Gasteiger partial charge in [0.25, 0.3) is 0 Å². The van der Waals surface area contributed by atoms with E-state index in [0.717, 1.165) is 37.3 Å². The lowest BCUT2D eigenvalue weighted by Gasteiger charge is -2.33. The number of nitrogens with one attached hydrogen (secondary N) is 1. The average molecular weight is 307 g/mol. The van der Waals surface area contributed by atoms with Gasteiger partial charge in [-0.3, -0.25) is 0 Å². The van der Waals surface area contributed by atoms with Crippen LogP contribution in [0.5, 0.6) is 5.88 Å². The summed E-state index contributed by atoms with van der Waals surface area (Å²) >= 11 is 0. The van der Waals surface area contributed by atoms with Crippen LogP contribution in [-0.2, 0) is 6.42 Å². The van der Waals surface area contributed by atoms with Gasteiger partial charge in [-0.2, -0.15) is 4.98 Å². The summed E-state index contributed by atoms with van der Waals surface area (Å²) in [6.45, 7) is 16.1. The standard InChI is InChI=1S/C18H33N3O/c1-8-10-11-22-16-12-15(19-14(9-2)20-16)21-18(6,7)13-17(3,4)5/h12H,8-11,13H2,1-7H3,(H,19,20,21). The number of hydrogen-bond acceptors (Lipinski definition) is 4. The Morgan fingerprint density at radius 1 is 1.09 bits per heavy atom. The number of ether oxygens (including phenoxy) is 1. The zero-order chi connectivity index (χ0) is 16.8. The topological polar surface area (TPSA) is 47.0 Å². The summed E-state index contributed by atoms with van der Waals surface area (Å²) < 4.78 is 5.75. The molecule has 0 bridgehead atoms. The number of anilines is 1. The van der Waals surface area contributed by atoms with E-state index in [-0.39, 0.29) is 11.0 Å². The Morgan fingerprint density at radius 2 is 1.77 bits per heavy atom. The van der Waals surface area contributed by atoms with Gasteiger partial charge in [0.2, 0.25) is 5.88 Å². The minimum Gasteiger partial charge on any atom is -0.478 e. The molecule has 1 N–H and O–H groups in total. The van der Waals surface area contributed by atoms with E-state index >= 15 is 0 Å². The number of unbranched alkanes of at least 4 members (excludes halogenated alkanes) is 1. The maximum Gasteiger partial charge on any atom is 0.218 e. The van der Waals surface area contributed by atoms with Crippen LogP contribution in [0.1, 0.15) is 73.6 Å². The molecule has 0 aliphatic carbocycles. The third-order valence-electron chi connectivity index (χ3n) is 3.25. The van der Waals surface area contributed by atoms with E-state index in [0.29, 0.717) is 12.5 Å². The van der Waals surface area contributed by atoms with Crippen LogP contribution in [0.15, 0.2) is 6.07 Å². The second-order valence-electron chi connectivity index (χ2n) is 7.81. The van der Waals surface area contributed by atoms with Crippen molar-refractivity contribution < 1.29 is 4.74 Å². The smallest absolute Gasteiger partial charge is 0.218 e. The quantitative estimate of drug-likeness (QED) is 0.698. The van der Waals surface area contributed by atoms with E-state index in [1.165, 1.54) is 0 Å². The SMILES string of the molecule is CCCCOc1cc(NC(C)(C)CC(C)(C)C)nc(CC)n1. The number of hydrogen-bond donors (Lipinski definition) is 1. The molecule has 0 saturated carbocycles. The van der Waals surface area contributed by atoms with Gasteiger partial charge in [0.15, 0.2) is 0 Å². The monoisotopic (exact) mass is 307 g/mol. The molecule has 4 nitrogen and oxygen atoms in total. The molecular weight excluding hydrogens is 274 g/mol. The molecule has 22 heavy (non-hydrogen) atoms. The molecule has 0 amide bonds. The first-order chi connectivity index (χ1) is 10.1. The fraction of sp³-hybridized carbons (Fsp3) is 0.778. The highest BCUT2D eigenvalue weighted by atomic mass is 16.5. The van der Waals surface area contributed by atoms with E-state index in [9.17, 15) is 0 Å². The Kier molecular flexibility index (Phi) is 6.64. The zero-order valence-electron chi connectivity index (χ0n) is 15.4. The highest BCUT2D eigenvalue weighted by Crippen LogP contribution is 2.29. The van der Waals surface area contributed by atoms with Crippen LogP contribution in [0.2, 0.25) is 0 Å². The summed E-state index contributed by atoms with van der Waals surface area (Å²) in [5, 5.41) is 3.55. The van der Waals surface area contributed by atoms with Crippen LogP contribution in [0.4, 0.5) is 5.82 Å². The molecule has 1 aromatic rings. The summed E-state index contributed by atoms with van der Waals surface area (Å²) in [5.41, 5.74) is 0.232. The Bertz CT molecular complexity index is 464. The fourth-order valence-electron chi connectivity index (χ4n) is 2.81. The van der Waals surface area contributed by atoms with E-state index in [4.69, 9.17) is 4.74 Å². The van der Waals surface area contributed by atoms with Crippen molar-refractivity contribution in [2.75, 3.05) is 11.9 Å². The Labute approximate surface area is 136 Å². The van der Waals surface area contributed by atoms with Crippen LogP contribution >= 0.6 is 0 Å². The lowest BCUT2D eigenvalue weighted by molar-refractivity contribution is 0.294. The summed E-state index contributed by atoms with van der Waals surface area (Å²) in [6.07, 6.45) is 4.02. The fourth-order valence-corrected chi connectivity index (χ4v) is 2.81. The van der Waals surface area contributed by atoms with Crippen molar-refractivity contribution in [3.8, 4) is 5.88 Å². The van der Waals surface area contributed by atoms with Crippen LogP contribution in [0, 0.1) is 5.41 Å². The first kappa shape index (κ1) is 18.7. The minimum atomic E-state index is -0.0295. The third kappa shape index (κ3) is 7.10. The molecule has 1 rings (SSSR count). The zero-order valence-corrected chi connectivity index (χ0v) is 15.4. The molecule has 0 atom stereocenters. The van der Waals surface area contributed by atoms with Crippen molar-refractivity contribution in [1.82, 2.24) is 9.97 Å². The van der Waals surface area contributed by atoms with Gasteiger partial charge in [0, 0.05) is 18.0 Å². The molecule has 0 unspecified atom stereocenters. The molecule has 0 aromatic carbocycles. The Morgan fingerprint density at radius 3 is 2.32 bits per heavy atom. The van der Waals surface area contributed by atoms with Gasteiger partial charge in [-0.15, -0.1) is 0 Å². The number of aryl methyl sites for hydroxylation is 1. The van der Waals surface area contributed by atoms with Gasteiger partial charge in [0.1, 0.15) is 11.6 Å². The lowest BCUT2D eigenvalue weighted by atomic mass is 9.82. The van der Waals surface area contributed by atoms with Crippen molar-refractivity contribution in [2.24, 2.45) is 5.41 Å². The molecule has 126 valence electrons. The Hall–Kier alpha value is -1.32. The van der Waals surface area contributed by atoms with Gasteiger partial charge >= 0.3 is 0 Å². The molecule has 0 radical (unpaired) electrons. The van der Waals surface area contributed by atoms with Crippen LogP contribution in [-0.4, -0.2) is 22.1 Å². The molecule has 1 aromatic heterocycles. The molecule has 1 heterocycles. The first-order valence-electron chi connectivity index (χ1n) is 8.44. The predicted molar refractivity (Wildman–Crippen MR) is 93.6 cm³/mol. The first-order valence-corrected chi connectivity index (χ1v) is 8.44. The van der Waals surface area contributed by atoms with E-state index in [1.807, 2.05) is 6.07 Å². The van der Waals surface area contributed by atoms with Gasteiger partial charge in [-0.25, -0.2) is 4.98 Å². The maximum atomic E-state index is 5.75. The molecule has 4 heteroatoms. The number of nitrogens with zero attached hydrogens (tertiary/aromatic N) is 2. The highest BCUT2D eigenvalue weighted by Gasteiger charge is 2.26. The summed E-state index contributed by atoms with van der Waals surface area (Å²) in [6, 6.07) is 1.92. The van der Waals surface area contributed by atoms with Crippen molar-refractivity contribution in [2.45, 2.75) is 79.7 Å². The van der Waals surface area contributed by atoms with Gasteiger partial charge < -0.3 is 10.1 Å². The number of aromatic nitrogens is 2. The highest BCUT2D eigenvalue weighted by molar-refractivity contribution is 5.41. The van der Waals surface area contributed by atoms with Crippen LogP contribution < -0.4 is 10.1 Å². The predicted octanol–water partition coefficient (Wildman–Crippen LogP) is 4.84. The van der Waals surface area contributed by atoms with Crippen molar-refractivity contribution >= 4 is 5.82 Å². The molecule has 0 aliphatic rings.